The summed E-state index contributed by atoms with van der Waals surface area (Å²) in [7, 11) is 0. The van der Waals surface area contributed by atoms with Crippen molar-refractivity contribution >= 4 is 28.4 Å². The Kier molecular flexibility index (Phi) is 6.24. The van der Waals surface area contributed by atoms with Crippen molar-refractivity contribution in [2.24, 2.45) is 0 Å². The minimum Gasteiger partial charge on any atom is -0.366 e. The third-order valence-electron chi connectivity index (χ3n) is 7.31. The third-order valence-corrected chi connectivity index (χ3v) is 7.31. The number of nitrogens with zero attached hydrogens (tertiary/aromatic N) is 1. The topological polar surface area (TPSA) is 98.0 Å². The van der Waals surface area contributed by atoms with Crippen LogP contribution in [-0.2, 0) is 22.4 Å². The molecule has 4 aromatic rings. The maximum atomic E-state index is 14.2. The number of H-pyrrole nitrogens is 1. The number of fused-ring (bicyclic) bond motifs is 2. The highest BCUT2D eigenvalue weighted by Crippen LogP contribution is 2.37. The van der Waals surface area contributed by atoms with E-state index in [1.165, 1.54) is 0 Å². The minimum absolute atomic E-state index is 0.142. The van der Waals surface area contributed by atoms with Crippen molar-refractivity contribution < 1.29 is 19.4 Å². The zero-order valence-electron chi connectivity index (χ0n) is 20.3. The van der Waals surface area contributed by atoms with E-state index in [9.17, 15) is 14.7 Å². The molecule has 3 unspecified atom stereocenters. The number of hydrogen-bond acceptors (Lipinski definition) is 4. The van der Waals surface area contributed by atoms with Crippen molar-refractivity contribution in [3.8, 4) is 0 Å². The lowest BCUT2D eigenvalue weighted by molar-refractivity contribution is -0.121. The van der Waals surface area contributed by atoms with Crippen LogP contribution in [0.1, 0.15) is 34.5 Å². The lowest BCUT2D eigenvalue weighted by Crippen LogP contribution is -2.51. The number of hydrogen-bond donors (Lipinski definition) is 3. The van der Waals surface area contributed by atoms with Gasteiger partial charge in [-0.05, 0) is 55.0 Å². The highest BCUT2D eigenvalue weighted by molar-refractivity contribution is 6.04. The van der Waals surface area contributed by atoms with Crippen LogP contribution in [0.2, 0.25) is 0 Å². The number of anilines is 1. The highest BCUT2D eigenvalue weighted by atomic mass is 16.7. The summed E-state index contributed by atoms with van der Waals surface area (Å²) < 4.78 is 5.27. The number of aromatic nitrogens is 1. The van der Waals surface area contributed by atoms with Crippen LogP contribution >= 0.6 is 0 Å². The largest absolute Gasteiger partial charge is 0.366 e. The number of nitrogens with one attached hydrogen (secondary N) is 2. The standard InChI is InChI=1S/C30H29N3O4/c34-28(25-17-20-10-4-6-12-23(20)31-25)32-24(15-14-19-8-2-1-3-9-19)29(35)33-22(18-27-30(36)37-27)16-21-11-5-7-13-26(21)33/h1-13,17,22,24,27,30-31,36H,14-16,18H2,(H,32,34)/t22-,24?,27?,30?/m1/s1. The Morgan fingerprint density at radius 3 is 2.54 bits per heavy atom. The van der Waals surface area contributed by atoms with Crippen LogP contribution in [0.15, 0.2) is 84.9 Å². The number of carbonyl (C=O) groups is 2. The van der Waals surface area contributed by atoms with E-state index in [2.05, 4.69) is 10.3 Å². The maximum absolute atomic E-state index is 14.2. The van der Waals surface area contributed by atoms with Crippen LogP contribution in [0.4, 0.5) is 5.69 Å². The highest BCUT2D eigenvalue weighted by Gasteiger charge is 2.44. The number of rotatable bonds is 8. The van der Waals surface area contributed by atoms with Gasteiger partial charge in [-0.25, -0.2) is 0 Å². The molecule has 2 amide bonds. The summed E-state index contributed by atoms with van der Waals surface area (Å²) in [5.74, 6) is -0.460. The predicted molar refractivity (Wildman–Crippen MR) is 141 cm³/mol. The lowest BCUT2D eigenvalue weighted by atomic mass is 10.0. The molecule has 0 bridgehead atoms. The van der Waals surface area contributed by atoms with Crippen molar-refractivity contribution in [2.45, 2.75) is 50.2 Å². The van der Waals surface area contributed by atoms with Gasteiger partial charge in [-0.1, -0.05) is 66.7 Å². The van der Waals surface area contributed by atoms with E-state index in [4.69, 9.17) is 4.74 Å². The normalized spacial score (nSPS) is 21.0. The van der Waals surface area contributed by atoms with Crippen molar-refractivity contribution in [1.82, 2.24) is 10.3 Å². The Hall–Kier alpha value is -3.94. The number of benzene rings is 3. The summed E-state index contributed by atoms with van der Waals surface area (Å²) in [4.78, 5) is 32.5. The van der Waals surface area contributed by atoms with Gasteiger partial charge >= 0.3 is 0 Å². The van der Waals surface area contributed by atoms with E-state index in [0.717, 1.165) is 27.7 Å². The van der Waals surface area contributed by atoms with Gasteiger partial charge in [0.1, 0.15) is 17.8 Å². The van der Waals surface area contributed by atoms with Crippen LogP contribution in [0.5, 0.6) is 0 Å². The van der Waals surface area contributed by atoms with Gasteiger partial charge in [-0.3, -0.25) is 9.59 Å². The fourth-order valence-corrected chi connectivity index (χ4v) is 5.33. The summed E-state index contributed by atoms with van der Waals surface area (Å²) >= 11 is 0. The van der Waals surface area contributed by atoms with Crippen molar-refractivity contribution in [3.63, 3.8) is 0 Å². The molecule has 6 rings (SSSR count). The minimum atomic E-state index is -0.767. The SMILES string of the molecule is O=C(NC(CCc1ccccc1)C(=O)N1c2ccccc2C[C@@H]1CC1OC1O)c1cc2ccccc2[nH]1. The van der Waals surface area contributed by atoms with Crippen LogP contribution in [0, 0.1) is 0 Å². The second kappa shape index (κ2) is 9.84. The fourth-order valence-electron chi connectivity index (χ4n) is 5.33. The van der Waals surface area contributed by atoms with Crippen LogP contribution in [-0.4, -0.2) is 46.4 Å². The van der Waals surface area contributed by atoms with E-state index in [1.807, 2.05) is 89.8 Å². The summed E-state index contributed by atoms with van der Waals surface area (Å²) in [6.07, 6.45) is 1.31. The Morgan fingerprint density at radius 1 is 1.03 bits per heavy atom. The molecule has 37 heavy (non-hydrogen) atoms. The Labute approximate surface area is 215 Å². The van der Waals surface area contributed by atoms with Crippen molar-refractivity contribution in [1.29, 1.82) is 0 Å². The molecule has 3 heterocycles. The molecule has 2 aliphatic rings. The van der Waals surface area contributed by atoms with E-state index in [-0.39, 0.29) is 24.0 Å². The molecular weight excluding hydrogens is 466 g/mol. The van der Waals surface area contributed by atoms with Gasteiger partial charge in [0.25, 0.3) is 5.91 Å². The number of ether oxygens (including phenoxy) is 1. The third kappa shape index (κ3) is 4.88. The summed E-state index contributed by atoms with van der Waals surface area (Å²) in [6.45, 7) is 0. The fraction of sp³-hybridized carbons (Fsp3) is 0.267. The molecule has 0 spiro atoms. The molecule has 2 aliphatic heterocycles. The first-order chi connectivity index (χ1) is 18.1. The lowest BCUT2D eigenvalue weighted by Gasteiger charge is -2.30. The molecule has 0 aliphatic carbocycles. The average Bonchev–Trinajstić information content (AvgIpc) is 3.29. The monoisotopic (exact) mass is 495 g/mol. The van der Waals surface area contributed by atoms with Gasteiger partial charge in [-0.2, -0.15) is 0 Å². The van der Waals surface area contributed by atoms with Gasteiger partial charge in [0.05, 0.1) is 0 Å². The summed E-state index contributed by atoms with van der Waals surface area (Å²) in [6, 6.07) is 26.5. The molecule has 1 aromatic heterocycles. The van der Waals surface area contributed by atoms with Gasteiger partial charge in [0.2, 0.25) is 5.91 Å². The molecule has 7 nitrogen and oxygen atoms in total. The van der Waals surface area contributed by atoms with Gasteiger partial charge < -0.3 is 25.0 Å². The number of aliphatic hydroxyl groups is 1. The van der Waals surface area contributed by atoms with E-state index < -0.39 is 12.3 Å². The van der Waals surface area contributed by atoms with Crippen molar-refractivity contribution in [2.75, 3.05) is 4.90 Å². The van der Waals surface area contributed by atoms with Crippen LogP contribution < -0.4 is 10.2 Å². The number of aliphatic hydroxyl groups excluding tert-OH is 1. The van der Waals surface area contributed by atoms with Gasteiger partial charge in [0, 0.05) is 22.6 Å². The van der Waals surface area contributed by atoms with E-state index in [0.29, 0.717) is 31.4 Å². The molecular formula is C30H29N3O4. The number of amides is 2. The van der Waals surface area contributed by atoms with Crippen LogP contribution in [0.25, 0.3) is 10.9 Å². The number of epoxide rings is 1. The predicted octanol–water partition coefficient (Wildman–Crippen LogP) is 3.96. The summed E-state index contributed by atoms with van der Waals surface area (Å²) in [5.41, 5.74) is 4.34. The first kappa shape index (κ1) is 23.5. The first-order valence-electron chi connectivity index (χ1n) is 12.7. The quantitative estimate of drug-likeness (QED) is 0.322. The van der Waals surface area contributed by atoms with Crippen LogP contribution in [0.3, 0.4) is 0 Å². The smallest absolute Gasteiger partial charge is 0.268 e. The molecule has 4 atom stereocenters. The zero-order chi connectivity index (χ0) is 25.4. The second-order valence-corrected chi connectivity index (χ2v) is 9.82. The number of carbonyl (C=O) groups excluding carboxylic acids is 2. The van der Waals surface area contributed by atoms with E-state index in [1.54, 1.807) is 0 Å². The first-order valence-corrected chi connectivity index (χ1v) is 12.7. The molecule has 1 fully saturated rings. The number of aromatic amines is 1. The van der Waals surface area contributed by atoms with E-state index >= 15 is 0 Å². The Balaban J connectivity index is 1.28. The van der Waals surface area contributed by atoms with Crippen molar-refractivity contribution in [3.05, 3.63) is 102 Å². The Morgan fingerprint density at radius 2 is 1.76 bits per heavy atom. The average molecular weight is 496 g/mol. The molecule has 7 heteroatoms. The number of para-hydroxylation sites is 2. The number of aryl methyl sites for hydroxylation is 1. The van der Waals surface area contributed by atoms with Gasteiger partial charge in [0.15, 0.2) is 6.29 Å². The molecule has 1 saturated heterocycles. The molecule has 3 aromatic carbocycles. The molecule has 188 valence electrons. The molecule has 0 saturated carbocycles. The molecule has 3 N–H and O–H groups in total. The second-order valence-electron chi connectivity index (χ2n) is 9.82. The van der Waals surface area contributed by atoms with Gasteiger partial charge in [-0.15, -0.1) is 0 Å². The summed E-state index contributed by atoms with van der Waals surface area (Å²) in [5, 5.41) is 13.7. The zero-order valence-corrected chi connectivity index (χ0v) is 20.3. The maximum Gasteiger partial charge on any atom is 0.268 e. The molecule has 0 radical (unpaired) electrons. The Bertz CT molecular complexity index is 1400.